The summed E-state index contributed by atoms with van der Waals surface area (Å²) in [5, 5.41) is 4.51. The van der Waals surface area contributed by atoms with Crippen molar-refractivity contribution in [2.24, 2.45) is 0 Å². The van der Waals surface area contributed by atoms with Gasteiger partial charge in [0.2, 0.25) is 0 Å². The number of ether oxygens (including phenoxy) is 2. The molecule has 1 aromatic carbocycles. The van der Waals surface area contributed by atoms with E-state index in [1.54, 1.807) is 13.2 Å². The van der Waals surface area contributed by atoms with Crippen molar-refractivity contribution in [3.8, 4) is 5.75 Å². The van der Waals surface area contributed by atoms with Crippen LogP contribution in [-0.4, -0.2) is 26.9 Å². The molecule has 0 radical (unpaired) electrons. The molecule has 1 rings (SSSR count). The lowest BCUT2D eigenvalue weighted by Gasteiger charge is -2.12. The molecule has 0 fully saturated rings. The highest BCUT2D eigenvalue weighted by Gasteiger charge is 2.09. The average molecular weight is 357 g/mol. The third-order valence-corrected chi connectivity index (χ3v) is 3.39. The Morgan fingerprint density at radius 2 is 1.86 bits per heavy atom. The van der Waals surface area contributed by atoms with Gasteiger partial charge < -0.3 is 14.8 Å². The molecule has 0 unspecified atom stereocenters. The van der Waals surface area contributed by atoms with Crippen LogP contribution in [0.1, 0.15) is 31.7 Å². The van der Waals surface area contributed by atoms with Gasteiger partial charge in [0.05, 0.1) is 12.1 Å². The minimum absolute atomic E-state index is 0. The van der Waals surface area contributed by atoms with Gasteiger partial charge in [-0.15, -0.1) is 12.4 Å². The molecule has 0 saturated carbocycles. The molecule has 0 aromatic heterocycles. The molecular weight excluding hydrogens is 333 g/mol. The van der Waals surface area contributed by atoms with Crippen LogP contribution in [0.5, 0.6) is 5.75 Å². The van der Waals surface area contributed by atoms with Crippen molar-refractivity contribution in [1.82, 2.24) is 5.32 Å². The summed E-state index contributed by atoms with van der Waals surface area (Å²) in [4.78, 5) is 0. The number of rotatable bonds is 10. The van der Waals surface area contributed by atoms with Crippen LogP contribution in [0.4, 0.5) is 0 Å². The topological polar surface area (TPSA) is 30.5 Å². The van der Waals surface area contributed by atoms with E-state index in [-0.39, 0.29) is 12.4 Å². The van der Waals surface area contributed by atoms with Gasteiger partial charge in [0.1, 0.15) is 5.75 Å². The number of hydrogen-bond acceptors (Lipinski definition) is 3. The lowest BCUT2D eigenvalue weighted by atomic mass is 10.2. The molecule has 0 saturated heterocycles. The molecule has 3 nitrogen and oxygen atoms in total. The van der Waals surface area contributed by atoms with Crippen molar-refractivity contribution < 1.29 is 9.47 Å². The molecule has 0 amide bonds. The summed E-state index contributed by atoms with van der Waals surface area (Å²) >= 11 is 12.1. The smallest absolute Gasteiger partial charge is 0.142 e. The number of hydrogen-bond donors (Lipinski definition) is 1. The quantitative estimate of drug-likeness (QED) is 0.615. The molecule has 1 aromatic rings. The van der Waals surface area contributed by atoms with Crippen LogP contribution in [-0.2, 0) is 11.3 Å². The number of benzene rings is 1. The van der Waals surface area contributed by atoms with Gasteiger partial charge in [-0.3, -0.25) is 0 Å². The number of methoxy groups -OCH3 is 1. The highest BCUT2D eigenvalue weighted by molar-refractivity contribution is 6.35. The van der Waals surface area contributed by atoms with Crippen LogP contribution in [0.25, 0.3) is 0 Å². The van der Waals surface area contributed by atoms with Crippen molar-refractivity contribution in [3.63, 3.8) is 0 Å². The maximum Gasteiger partial charge on any atom is 0.142 e. The van der Waals surface area contributed by atoms with Crippen LogP contribution < -0.4 is 10.1 Å². The minimum atomic E-state index is 0. The standard InChI is InChI=1S/C15H23Cl2NO2.ClH/c1-3-4-7-20-8-5-6-18-11-12-9-13(16)10-14(17)15(12)19-2;/h9-10,18H,3-8,11H2,1-2H3;1H. The molecule has 0 aliphatic carbocycles. The zero-order valence-corrected chi connectivity index (χ0v) is 14.9. The van der Waals surface area contributed by atoms with Crippen molar-refractivity contribution in [3.05, 3.63) is 27.7 Å². The number of unbranched alkanes of at least 4 members (excludes halogenated alkanes) is 1. The largest absolute Gasteiger partial charge is 0.495 e. The van der Waals surface area contributed by atoms with Crippen LogP contribution in [0, 0.1) is 0 Å². The molecule has 1 N–H and O–H groups in total. The summed E-state index contributed by atoms with van der Waals surface area (Å²) in [5.74, 6) is 0.683. The molecular formula is C15H24Cl3NO2. The molecule has 0 heterocycles. The first kappa shape index (κ1) is 20.8. The predicted octanol–water partition coefficient (Wildman–Crippen LogP) is 4.72. The van der Waals surface area contributed by atoms with Crippen LogP contribution in [0.15, 0.2) is 12.1 Å². The Morgan fingerprint density at radius 3 is 2.52 bits per heavy atom. The van der Waals surface area contributed by atoms with Crippen molar-refractivity contribution >= 4 is 35.6 Å². The van der Waals surface area contributed by atoms with Gasteiger partial charge in [0.25, 0.3) is 0 Å². The zero-order chi connectivity index (χ0) is 14.8. The molecule has 0 aliphatic heterocycles. The van der Waals surface area contributed by atoms with E-state index < -0.39 is 0 Å². The fourth-order valence-corrected chi connectivity index (χ4v) is 2.46. The normalized spacial score (nSPS) is 10.3. The Balaban J connectivity index is 0.00000400. The molecule has 0 bridgehead atoms. The van der Waals surface area contributed by atoms with Crippen molar-refractivity contribution in [2.75, 3.05) is 26.9 Å². The fourth-order valence-electron chi connectivity index (χ4n) is 1.84. The first-order valence-corrected chi connectivity index (χ1v) is 7.75. The first-order chi connectivity index (χ1) is 9.69. The monoisotopic (exact) mass is 355 g/mol. The van der Waals surface area contributed by atoms with Crippen LogP contribution >= 0.6 is 35.6 Å². The van der Waals surface area contributed by atoms with E-state index in [2.05, 4.69) is 12.2 Å². The first-order valence-electron chi connectivity index (χ1n) is 6.99. The highest BCUT2D eigenvalue weighted by Crippen LogP contribution is 2.31. The summed E-state index contributed by atoms with van der Waals surface area (Å²) in [6, 6.07) is 3.56. The Morgan fingerprint density at radius 1 is 1.14 bits per heavy atom. The highest BCUT2D eigenvalue weighted by atomic mass is 35.5. The second-order valence-corrected chi connectivity index (χ2v) is 5.42. The Bertz CT molecular complexity index is 403. The van der Waals surface area contributed by atoms with Crippen LogP contribution in [0.2, 0.25) is 10.0 Å². The maximum atomic E-state index is 6.09. The Kier molecular flexibility index (Phi) is 12.3. The van der Waals surface area contributed by atoms with E-state index >= 15 is 0 Å². The van der Waals surface area contributed by atoms with Gasteiger partial charge in [0, 0.05) is 30.3 Å². The van der Waals surface area contributed by atoms with Crippen molar-refractivity contribution in [2.45, 2.75) is 32.7 Å². The second-order valence-electron chi connectivity index (χ2n) is 4.58. The van der Waals surface area contributed by atoms with Gasteiger partial charge in [-0.25, -0.2) is 0 Å². The SMILES string of the molecule is CCCCOCCCNCc1cc(Cl)cc(Cl)c1OC.Cl. The van der Waals surface area contributed by atoms with E-state index in [0.717, 1.165) is 38.2 Å². The molecule has 0 spiro atoms. The number of nitrogens with one attached hydrogen (secondary N) is 1. The zero-order valence-electron chi connectivity index (χ0n) is 12.6. The minimum Gasteiger partial charge on any atom is -0.495 e. The van der Waals surface area contributed by atoms with Gasteiger partial charge in [-0.1, -0.05) is 36.5 Å². The maximum absolute atomic E-state index is 6.09. The molecule has 21 heavy (non-hydrogen) atoms. The number of halogens is 3. The average Bonchev–Trinajstić information content (AvgIpc) is 2.41. The molecule has 122 valence electrons. The summed E-state index contributed by atoms with van der Waals surface area (Å²) in [6.07, 6.45) is 3.29. The van der Waals surface area contributed by atoms with Crippen LogP contribution in [0.3, 0.4) is 0 Å². The van der Waals surface area contributed by atoms with Gasteiger partial charge in [-0.2, -0.15) is 0 Å². The Labute approximate surface area is 143 Å². The summed E-state index contributed by atoms with van der Waals surface area (Å²) in [6.45, 7) is 5.38. The van der Waals surface area contributed by atoms with Gasteiger partial charge >= 0.3 is 0 Å². The lowest BCUT2D eigenvalue weighted by Crippen LogP contribution is -2.17. The van der Waals surface area contributed by atoms with E-state index in [0.29, 0.717) is 22.3 Å². The van der Waals surface area contributed by atoms with Crippen molar-refractivity contribution in [1.29, 1.82) is 0 Å². The third kappa shape index (κ3) is 8.12. The summed E-state index contributed by atoms with van der Waals surface area (Å²) in [7, 11) is 1.61. The third-order valence-electron chi connectivity index (χ3n) is 2.89. The predicted molar refractivity (Wildman–Crippen MR) is 92.3 cm³/mol. The molecule has 0 aliphatic rings. The van der Waals surface area contributed by atoms with E-state index in [1.807, 2.05) is 6.07 Å². The summed E-state index contributed by atoms with van der Waals surface area (Å²) in [5.41, 5.74) is 0.969. The van der Waals surface area contributed by atoms with E-state index in [9.17, 15) is 0 Å². The lowest BCUT2D eigenvalue weighted by molar-refractivity contribution is 0.128. The fraction of sp³-hybridized carbons (Fsp3) is 0.600. The molecule has 6 heteroatoms. The van der Waals surface area contributed by atoms with Gasteiger partial charge in [0.15, 0.2) is 0 Å². The van der Waals surface area contributed by atoms with E-state index in [1.165, 1.54) is 6.42 Å². The van der Waals surface area contributed by atoms with Gasteiger partial charge in [-0.05, 0) is 31.5 Å². The Hall–Kier alpha value is -0.190. The second kappa shape index (κ2) is 12.4. The summed E-state index contributed by atoms with van der Waals surface area (Å²) < 4.78 is 10.8. The van der Waals surface area contributed by atoms with E-state index in [4.69, 9.17) is 32.7 Å². The molecule has 0 atom stereocenters.